The predicted octanol–water partition coefficient (Wildman–Crippen LogP) is 2.22. The van der Waals surface area contributed by atoms with Gasteiger partial charge in [0.2, 0.25) is 0 Å². The Kier molecular flexibility index (Phi) is 2.91. The summed E-state index contributed by atoms with van der Waals surface area (Å²) < 4.78 is 0. The van der Waals surface area contributed by atoms with Gasteiger partial charge in [0.15, 0.2) is 0 Å². The first kappa shape index (κ1) is 9.77. The summed E-state index contributed by atoms with van der Waals surface area (Å²) in [6.45, 7) is 5.12. The lowest BCUT2D eigenvalue weighted by Gasteiger charge is -2.09. The molecular weight excluding hydrogens is 194 g/mol. The fourth-order valence-corrected chi connectivity index (χ4v) is 2.62. The zero-order valence-corrected chi connectivity index (χ0v) is 9.45. The largest absolute Gasteiger partial charge is 0.370 e. The van der Waals surface area contributed by atoms with Crippen molar-refractivity contribution in [3.63, 3.8) is 0 Å². The highest BCUT2D eigenvalue weighted by molar-refractivity contribution is 7.98. The molecule has 1 aliphatic heterocycles. The van der Waals surface area contributed by atoms with Crippen LogP contribution in [0.3, 0.4) is 0 Å². The van der Waals surface area contributed by atoms with Gasteiger partial charge in [-0.3, -0.25) is 0 Å². The summed E-state index contributed by atoms with van der Waals surface area (Å²) in [5.41, 5.74) is 2.55. The number of rotatable bonds is 3. The third kappa shape index (κ3) is 1.71. The average molecular weight is 209 g/mol. The summed E-state index contributed by atoms with van der Waals surface area (Å²) in [5.74, 6) is 4.12. The van der Waals surface area contributed by atoms with Crippen LogP contribution in [0.1, 0.15) is 30.9 Å². The summed E-state index contributed by atoms with van der Waals surface area (Å²) in [4.78, 5) is 9.06. The van der Waals surface area contributed by atoms with Crippen LogP contribution in [0.2, 0.25) is 0 Å². The van der Waals surface area contributed by atoms with Gasteiger partial charge in [-0.2, -0.15) is 11.8 Å². The molecule has 2 heterocycles. The maximum absolute atomic E-state index is 4.54. The van der Waals surface area contributed by atoms with Gasteiger partial charge in [-0.15, -0.1) is 0 Å². The number of hydrogen-bond donors (Lipinski definition) is 1. The zero-order valence-electron chi connectivity index (χ0n) is 8.63. The fraction of sp³-hybridized carbons (Fsp3) is 0.600. The monoisotopic (exact) mass is 209 g/mol. The second kappa shape index (κ2) is 4.17. The van der Waals surface area contributed by atoms with Crippen LogP contribution < -0.4 is 5.32 Å². The van der Waals surface area contributed by atoms with Gasteiger partial charge in [-0.05, 0) is 6.92 Å². The third-order valence-corrected chi connectivity index (χ3v) is 3.26. The van der Waals surface area contributed by atoms with Crippen LogP contribution in [0.25, 0.3) is 0 Å². The topological polar surface area (TPSA) is 37.8 Å². The van der Waals surface area contributed by atoms with Gasteiger partial charge in [0.1, 0.15) is 11.6 Å². The van der Waals surface area contributed by atoms with E-state index in [1.54, 1.807) is 0 Å². The molecule has 0 fully saturated rings. The summed E-state index contributed by atoms with van der Waals surface area (Å²) in [6, 6.07) is 0. The molecule has 0 saturated heterocycles. The number of thioether (sulfide) groups is 1. The highest BCUT2D eigenvalue weighted by atomic mass is 32.2. The molecule has 0 atom stereocenters. The van der Waals surface area contributed by atoms with Crippen LogP contribution >= 0.6 is 11.8 Å². The normalized spacial score (nSPS) is 14.1. The summed E-state index contributed by atoms with van der Waals surface area (Å²) in [5, 5.41) is 3.32. The van der Waals surface area contributed by atoms with Crippen molar-refractivity contribution in [2.45, 2.75) is 31.8 Å². The molecule has 1 N–H and O–H groups in total. The molecule has 14 heavy (non-hydrogen) atoms. The molecule has 0 radical (unpaired) electrons. The Morgan fingerprint density at radius 2 is 2.14 bits per heavy atom. The maximum Gasteiger partial charge on any atom is 0.134 e. The minimum Gasteiger partial charge on any atom is -0.370 e. The van der Waals surface area contributed by atoms with E-state index in [0.717, 1.165) is 36.1 Å². The molecular formula is C10H15N3S. The highest BCUT2D eigenvalue weighted by Gasteiger charge is 2.18. The smallest absolute Gasteiger partial charge is 0.134 e. The van der Waals surface area contributed by atoms with E-state index in [1.165, 1.54) is 11.3 Å². The standard InChI is InChI=1S/C10H15N3S/c1-3-9-12-8-6-14-5-7(8)10(13-9)11-4-2/h3-6H2,1-2H3,(H,11,12,13). The molecule has 1 aliphatic rings. The molecule has 0 amide bonds. The number of anilines is 1. The lowest BCUT2D eigenvalue weighted by molar-refractivity contribution is 0.903. The quantitative estimate of drug-likeness (QED) is 0.828. The molecule has 0 aliphatic carbocycles. The molecule has 0 aromatic carbocycles. The second-order valence-corrected chi connectivity index (χ2v) is 4.28. The van der Waals surface area contributed by atoms with E-state index in [4.69, 9.17) is 0 Å². The molecule has 3 nitrogen and oxygen atoms in total. The van der Waals surface area contributed by atoms with Crippen molar-refractivity contribution in [1.29, 1.82) is 0 Å². The van der Waals surface area contributed by atoms with Gasteiger partial charge in [-0.1, -0.05) is 6.92 Å². The molecule has 0 spiro atoms. The van der Waals surface area contributed by atoms with Crippen molar-refractivity contribution in [3.8, 4) is 0 Å². The number of nitrogens with one attached hydrogen (secondary N) is 1. The Labute approximate surface area is 88.7 Å². The number of nitrogens with zero attached hydrogens (tertiary/aromatic N) is 2. The van der Waals surface area contributed by atoms with Crippen LogP contribution in [0.4, 0.5) is 5.82 Å². The van der Waals surface area contributed by atoms with E-state index in [2.05, 4.69) is 29.1 Å². The van der Waals surface area contributed by atoms with Crippen molar-refractivity contribution in [2.24, 2.45) is 0 Å². The number of aryl methyl sites for hydroxylation is 1. The lowest BCUT2D eigenvalue weighted by Crippen LogP contribution is -2.07. The second-order valence-electron chi connectivity index (χ2n) is 3.29. The van der Waals surface area contributed by atoms with Gasteiger partial charge in [-0.25, -0.2) is 9.97 Å². The van der Waals surface area contributed by atoms with Crippen molar-refractivity contribution in [2.75, 3.05) is 11.9 Å². The lowest BCUT2D eigenvalue weighted by atomic mass is 10.2. The van der Waals surface area contributed by atoms with E-state index in [9.17, 15) is 0 Å². The molecule has 76 valence electrons. The Morgan fingerprint density at radius 3 is 2.86 bits per heavy atom. The molecule has 2 rings (SSSR count). The first-order valence-electron chi connectivity index (χ1n) is 5.05. The van der Waals surface area contributed by atoms with Gasteiger partial charge in [0, 0.05) is 30.0 Å². The van der Waals surface area contributed by atoms with E-state index in [0.29, 0.717) is 0 Å². The van der Waals surface area contributed by atoms with Crippen LogP contribution in [-0.4, -0.2) is 16.5 Å². The van der Waals surface area contributed by atoms with E-state index < -0.39 is 0 Å². The Hall–Kier alpha value is -0.770. The molecule has 1 aromatic heterocycles. The van der Waals surface area contributed by atoms with Gasteiger partial charge in [0.25, 0.3) is 0 Å². The maximum atomic E-state index is 4.54. The highest BCUT2D eigenvalue weighted by Crippen LogP contribution is 2.32. The Morgan fingerprint density at radius 1 is 1.29 bits per heavy atom. The minimum atomic E-state index is 0.913. The fourth-order valence-electron chi connectivity index (χ4n) is 1.57. The van der Waals surface area contributed by atoms with Crippen molar-refractivity contribution >= 4 is 17.6 Å². The number of hydrogen-bond acceptors (Lipinski definition) is 4. The van der Waals surface area contributed by atoms with Gasteiger partial charge >= 0.3 is 0 Å². The molecule has 1 aromatic rings. The summed E-state index contributed by atoms with van der Waals surface area (Å²) >= 11 is 1.92. The first-order valence-corrected chi connectivity index (χ1v) is 6.20. The van der Waals surface area contributed by atoms with Crippen LogP contribution in [0.15, 0.2) is 0 Å². The summed E-state index contributed by atoms with van der Waals surface area (Å²) in [6.07, 6.45) is 0.913. The minimum absolute atomic E-state index is 0.913. The molecule has 0 bridgehead atoms. The van der Waals surface area contributed by atoms with E-state index in [-0.39, 0.29) is 0 Å². The Balaban J connectivity index is 2.41. The van der Waals surface area contributed by atoms with Crippen LogP contribution in [-0.2, 0) is 17.9 Å². The van der Waals surface area contributed by atoms with Gasteiger partial charge < -0.3 is 5.32 Å². The van der Waals surface area contributed by atoms with Crippen LogP contribution in [0, 0.1) is 0 Å². The summed E-state index contributed by atoms with van der Waals surface area (Å²) in [7, 11) is 0. The number of fused-ring (bicyclic) bond motifs is 1. The first-order chi connectivity index (χ1) is 6.85. The van der Waals surface area contributed by atoms with E-state index in [1.807, 2.05) is 11.8 Å². The SMILES string of the molecule is CCNc1nc(CC)nc2c1CSC2. The van der Waals surface area contributed by atoms with Crippen molar-refractivity contribution < 1.29 is 0 Å². The Bertz CT molecular complexity index is 338. The third-order valence-electron chi connectivity index (χ3n) is 2.28. The zero-order chi connectivity index (χ0) is 9.97. The average Bonchev–Trinajstić information content (AvgIpc) is 2.66. The predicted molar refractivity (Wildman–Crippen MR) is 60.6 cm³/mol. The molecule has 4 heteroatoms. The van der Waals surface area contributed by atoms with Gasteiger partial charge in [0.05, 0.1) is 5.69 Å². The van der Waals surface area contributed by atoms with Crippen LogP contribution in [0.5, 0.6) is 0 Å². The van der Waals surface area contributed by atoms with E-state index >= 15 is 0 Å². The van der Waals surface area contributed by atoms with Crippen molar-refractivity contribution in [3.05, 3.63) is 17.1 Å². The van der Waals surface area contributed by atoms with Crippen molar-refractivity contribution in [1.82, 2.24) is 9.97 Å². The number of aromatic nitrogens is 2. The molecule has 0 unspecified atom stereocenters. The molecule has 0 saturated carbocycles.